The van der Waals surface area contributed by atoms with Crippen LogP contribution >= 0.6 is 11.6 Å². The summed E-state index contributed by atoms with van der Waals surface area (Å²) in [6, 6.07) is 6.15. The maximum Gasteiger partial charge on any atom is 0.243 e. The third kappa shape index (κ3) is 2.69. The summed E-state index contributed by atoms with van der Waals surface area (Å²) in [6.45, 7) is 2.53. The van der Waals surface area contributed by atoms with Crippen molar-refractivity contribution in [3.8, 4) is 0 Å². The number of rotatable bonds is 3. The highest BCUT2D eigenvalue weighted by Crippen LogP contribution is 2.26. The Morgan fingerprint density at radius 3 is 2.50 bits per heavy atom. The Balaban J connectivity index is 2.20. The van der Waals surface area contributed by atoms with Gasteiger partial charge in [0, 0.05) is 18.1 Å². The molecule has 0 spiro atoms. The molecular formula is C12H16ClNO3S. The molecule has 0 amide bonds. The topological polar surface area (TPSA) is 57.6 Å². The van der Waals surface area contributed by atoms with Gasteiger partial charge in [0.1, 0.15) is 0 Å². The van der Waals surface area contributed by atoms with E-state index in [0.29, 0.717) is 24.5 Å². The van der Waals surface area contributed by atoms with Crippen LogP contribution in [0, 0.1) is 5.92 Å². The zero-order chi connectivity index (χ0) is 13.3. The molecule has 0 radical (unpaired) electrons. The number of hydrogen-bond acceptors (Lipinski definition) is 3. The van der Waals surface area contributed by atoms with Crippen molar-refractivity contribution in [2.24, 2.45) is 5.92 Å². The standard InChI is InChI=1S/C12H16ClNO3S/c1-9(15)10-6-7-14(8-10)18(16,17)12-4-2-11(13)3-5-12/h2-5,9-10,15H,6-8H2,1H3. The molecule has 100 valence electrons. The van der Waals surface area contributed by atoms with Crippen molar-refractivity contribution < 1.29 is 13.5 Å². The second kappa shape index (κ2) is 5.17. The van der Waals surface area contributed by atoms with Crippen LogP contribution in [0.25, 0.3) is 0 Å². The van der Waals surface area contributed by atoms with Crippen LogP contribution in [0.1, 0.15) is 13.3 Å². The molecule has 1 aromatic carbocycles. The Morgan fingerprint density at radius 2 is 2.00 bits per heavy atom. The van der Waals surface area contributed by atoms with E-state index in [4.69, 9.17) is 11.6 Å². The molecule has 1 fully saturated rings. The van der Waals surface area contributed by atoms with Gasteiger partial charge in [-0.05, 0) is 43.5 Å². The van der Waals surface area contributed by atoms with Crippen LogP contribution in [0.4, 0.5) is 0 Å². The van der Waals surface area contributed by atoms with Gasteiger partial charge in [-0.3, -0.25) is 0 Å². The minimum atomic E-state index is -3.46. The number of aliphatic hydroxyl groups excluding tert-OH is 1. The molecule has 2 atom stereocenters. The van der Waals surface area contributed by atoms with Gasteiger partial charge < -0.3 is 5.11 Å². The first-order chi connectivity index (χ1) is 8.41. The normalized spacial score (nSPS) is 23.2. The average Bonchev–Trinajstić information content (AvgIpc) is 2.79. The average molecular weight is 290 g/mol. The minimum Gasteiger partial charge on any atom is -0.393 e. The molecule has 2 rings (SSSR count). The van der Waals surface area contributed by atoms with Gasteiger partial charge in [-0.15, -0.1) is 0 Å². The summed E-state index contributed by atoms with van der Waals surface area (Å²) >= 11 is 5.74. The largest absolute Gasteiger partial charge is 0.393 e. The smallest absolute Gasteiger partial charge is 0.243 e. The van der Waals surface area contributed by atoms with E-state index in [1.807, 2.05) is 0 Å². The molecule has 0 bridgehead atoms. The first-order valence-electron chi connectivity index (χ1n) is 5.85. The molecule has 4 nitrogen and oxygen atoms in total. The van der Waals surface area contributed by atoms with E-state index in [-0.39, 0.29) is 10.8 Å². The molecule has 6 heteroatoms. The van der Waals surface area contributed by atoms with Crippen LogP contribution in [0.2, 0.25) is 5.02 Å². The maximum absolute atomic E-state index is 12.3. The third-order valence-corrected chi connectivity index (χ3v) is 5.45. The number of hydrogen-bond donors (Lipinski definition) is 1. The van der Waals surface area contributed by atoms with E-state index in [1.54, 1.807) is 19.1 Å². The van der Waals surface area contributed by atoms with Crippen molar-refractivity contribution in [2.45, 2.75) is 24.3 Å². The summed E-state index contributed by atoms with van der Waals surface area (Å²) < 4.78 is 26.1. The fraction of sp³-hybridized carbons (Fsp3) is 0.500. The lowest BCUT2D eigenvalue weighted by atomic mass is 10.0. The summed E-state index contributed by atoms with van der Waals surface area (Å²) in [5.74, 6) is 0.0204. The maximum atomic E-state index is 12.3. The fourth-order valence-corrected chi connectivity index (χ4v) is 3.76. The van der Waals surface area contributed by atoms with Crippen LogP contribution in [0.5, 0.6) is 0 Å². The Kier molecular flexibility index (Phi) is 3.96. The molecule has 1 heterocycles. The van der Waals surface area contributed by atoms with Crippen LogP contribution < -0.4 is 0 Å². The molecule has 1 aliphatic heterocycles. The van der Waals surface area contributed by atoms with Crippen molar-refractivity contribution in [1.29, 1.82) is 0 Å². The minimum absolute atomic E-state index is 0.0204. The highest BCUT2D eigenvalue weighted by molar-refractivity contribution is 7.89. The van der Waals surface area contributed by atoms with E-state index in [1.165, 1.54) is 16.4 Å². The van der Waals surface area contributed by atoms with E-state index in [9.17, 15) is 13.5 Å². The van der Waals surface area contributed by atoms with Gasteiger partial charge in [0.2, 0.25) is 10.0 Å². The summed E-state index contributed by atoms with van der Waals surface area (Å²) in [4.78, 5) is 0.248. The second-order valence-electron chi connectivity index (χ2n) is 4.61. The van der Waals surface area contributed by atoms with Crippen LogP contribution in [-0.2, 0) is 10.0 Å². The lowest BCUT2D eigenvalue weighted by molar-refractivity contribution is 0.133. The van der Waals surface area contributed by atoms with E-state index >= 15 is 0 Å². The number of nitrogens with zero attached hydrogens (tertiary/aromatic N) is 1. The number of aliphatic hydroxyl groups is 1. The molecule has 18 heavy (non-hydrogen) atoms. The van der Waals surface area contributed by atoms with Crippen molar-refractivity contribution in [3.63, 3.8) is 0 Å². The molecular weight excluding hydrogens is 274 g/mol. The van der Waals surface area contributed by atoms with E-state index < -0.39 is 16.1 Å². The first kappa shape index (κ1) is 13.8. The zero-order valence-corrected chi connectivity index (χ0v) is 11.7. The van der Waals surface area contributed by atoms with Gasteiger partial charge in [0.15, 0.2) is 0 Å². The fourth-order valence-electron chi connectivity index (χ4n) is 2.12. The molecule has 1 saturated heterocycles. The predicted molar refractivity (Wildman–Crippen MR) is 70.0 cm³/mol. The highest BCUT2D eigenvalue weighted by atomic mass is 35.5. The van der Waals surface area contributed by atoms with Crippen molar-refractivity contribution in [2.75, 3.05) is 13.1 Å². The number of sulfonamides is 1. The summed E-state index contributed by atoms with van der Waals surface area (Å²) in [5.41, 5.74) is 0. The van der Waals surface area contributed by atoms with E-state index in [2.05, 4.69) is 0 Å². The van der Waals surface area contributed by atoms with Gasteiger partial charge >= 0.3 is 0 Å². The molecule has 0 aliphatic carbocycles. The first-order valence-corrected chi connectivity index (χ1v) is 7.67. The Hall–Kier alpha value is -0.620. The molecule has 0 saturated carbocycles. The third-order valence-electron chi connectivity index (χ3n) is 3.32. The quantitative estimate of drug-likeness (QED) is 0.922. The monoisotopic (exact) mass is 289 g/mol. The molecule has 0 aromatic heterocycles. The van der Waals surface area contributed by atoms with Crippen molar-refractivity contribution in [3.05, 3.63) is 29.3 Å². The SMILES string of the molecule is CC(O)C1CCN(S(=O)(=O)c2ccc(Cl)cc2)C1. The van der Waals surface area contributed by atoms with Gasteiger partial charge in [0.25, 0.3) is 0 Å². The predicted octanol–water partition coefficient (Wildman–Crippen LogP) is 1.73. The van der Waals surface area contributed by atoms with Gasteiger partial charge in [-0.1, -0.05) is 11.6 Å². The van der Waals surface area contributed by atoms with Crippen LogP contribution in [0.3, 0.4) is 0 Å². The summed E-state index contributed by atoms with van der Waals surface area (Å²) in [6.07, 6.45) is 0.222. The highest BCUT2D eigenvalue weighted by Gasteiger charge is 2.34. The summed E-state index contributed by atoms with van der Waals surface area (Å²) in [7, 11) is -3.46. The Bertz CT molecular complexity index is 513. The number of benzene rings is 1. The number of halogens is 1. The van der Waals surface area contributed by atoms with Gasteiger partial charge in [-0.2, -0.15) is 4.31 Å². The second-order valence-corrected chi connectivity index (χ2v) is 6.98. The molecule has 1 aliphatic rings. The molecule has 1 aromatic rings. The molecule has 2 unspecified atom stereocenters. The summed E-state index contributed by atoms with van der Waals surface area (Å²) in [5, 5.41) is 10.0. The van der Waals surface area contributed by atoms with Crippen LogP contribution in [-0.4, -0.2) is 37.0 Å². The van der Waals surface area contributed by atoms with E-state index in [0.717, 1.165) is 0 Å². The van der Waals surface area contributed by atoms with Gasteiger partial charge in [-0.25, -0.2) is 8.42 Å². The zero-order valence-electron chi connectivity index (χ0n) is 10.1. The Labute approximate surface area is 112 Å². The molecule has 1 N–H and O–H groups in total. The lowest BCUT2D eigenvalue weighted by Gasteiger charge is -2.17. The van der Waals surface area contributed by atoms with Crippen molar-refractivity contribution in [1.82, 2.24) is 4.31 Å². The lowest BCUT2D eigenvalue weighted by Crippen LogP contribution is -2.30. The van der Waals surface area contributed by atoms with Gasteiger partial charge in [0.05, 0.1) is 11.0 Å². The van der Waals surface area contributed by atoms with Crippen LogP contribution in [0.15, 0.2) is 29.2 Å². The van der Waals surface area contributed by atoms with Crippen molar-refractivity contribution >= 4 is 21.6 Å². The Morgan fingerprint density at radius 1 is 1.39 bits per heavy atom.